The number of primary amides is 1. The van der Waals surface area contributed by atoms with Gasteiger partial charge in [-0.25, -0.2) is 4.79 Å². The van der Waals surface area contributed by atoms with E-state index in [1.165, 1.54) is 0 Å². The number of carbonyl (C=O) groups excluding carboxylic acids is 2. The van der Waals surface area contributed by atoms with Gasteiger partial charge in [0.1, 0.15) is 0 Å². The first kappa shape index (κ1) is 16.1. The summed E-state index contributed by atoms with van der Waals surface area (Å²) in [6, 6.07) is 7.11. The fourth-order valence-electron chi connectivity index (χ4n) is 2.42. The third-order valence-corrected chi connectivity index (χ3v) is 3.75. The summed E-state index contributed by atoms with van der Waals surface area (Å²) >= 11 is 0. The molecule has 1 aliphatic rings. The van der Waals surface area contributed by atoms with Crippen LogP contribution in [0.5, 0.6) is 0 Å². The Morgan fingerprint density at radius 3 is 2.32 bits per heavy atom. The minimum atomic E-state index is -0.942. The van der Waals surface area contributed by atoms with Crippen molar-refractivity contribution in [3.8, 4) is 0 Å². The first-order chi connectivity index (χ1) is 10.5. The van der Waals surface area contributed by atoms with Crippen LogP contribution in [0.15, 0.2) is 24.3 Å². The lowest BCUT2D eigenvalue weighted by Crippen LogP contribution is -2.51. The molecular formula is C15H22N4O3. The second-order valence-electron chi connectivity index (χ2n) is 5.50. The van der Waals surface area contributed by atoms with Crippen LogP contribution in [0.25, 0.3) is 0 Å². The SMILES string of the molecule is CN1CCN(C(=O)C(Cc2ccc(N)cc2)OC(N)=O)CC1. The number of nitrogens with zero attached hydrogens (tertiary/aromatic N) is 2. The Bertz CT molecular complexity index is 524. The highest BCUT2D eigenvalue weighted by molar-refractivity contribution is 5.83. The van der Waals surface area contributed by atoms with Crippen LogP contribution < -0.4 is 11.5 Å². The van der Waals surface area contributed by atoms with Crippen molar-refractivity contribution in [1.82, 2.24) is 9.80 Å². The number of carbonyl (C=O) groups is 2. The maximum absolute atomic E-state index is 12.6. The van der Waals surface area contributed by atoms with Gasteiger partial charge in [0.15, 0.2) is 6.10 Å². The predicted molar refractivity (Wildman–Crippen MR) is 83.1 cm³/mol. The molecule has 1 aliphatic heterocycles. The van der Waals surface area contributed by atoms with Gasteiger partial charge in [-0.3, -0.25) is 4.79 Å². The number of piperazine rings is 1. The maximum atomic E-state index is 12.6. The molecule has 0 aromatic heterocycles. The lowest BCUT2D eigenvalue weighted by atomic mass is 10.1. The summed E-state index contributed by atoms with van der Waals surface area (Å²) in [5.74, 6) is -0.205. The highest BCUT2D eigenvalue weighted by Crippen LogP contribution is 2.13. The second kappa shape index (κ2) is 7.13. The van der Waals surface area contributed by atoms with Crippen LogP contribution in [0, 0.1) is 0 Å². The average Bonchev–Trinajstić information content (AvgIpc) is 2.48. The van der Waals surface area contributed by atoms with Crippen LogP contribution in [-0.2, 0) is 16.0 Å². The zero-order valence-corrected chi connectivity index (χ0v) is 12.7. The van der Waals surface area contributed by atoms with Crippen molar-refractivity contribution in [2.24, 2.45) is 5.73 Å². The van der Waals surface area contributed by atoms with Crippen LogP contribution in [-0.4, -0.2) is 61.1 Å². The summed E-state index contributed by atoms with van der Waals surface area (Å²) in [6.45, 7) is 2.85. The number of benzene rings is 1. The minimum Gasteiger partial charge on any atom is -0.436 e. The normalized spacial score (nSPS) is 17.0. The zero-order chi connectivity index (χ0) is 16.1. The molecule has 1 fully saturated rings. The summed E-state index contributed by atoms with van der Waals surface area (Å²) in [6.07, 6.45) is -1.55. The zero-order valence-electron chi connectivity index (χ0n) is 12.7. The fraction of sp³-hybridized carbons (Fsp3) is 0.467. The molecule has 1 heterocycles. The van der Waals surface area contributed by atoms with Gasteiger partial charge in [-0.15, -0.1) is 0 Å². The van der Waals surface area contributed by atoms with E-state index in [4.69, 9.17) is 16.2 Å². The topological polar surface area (TPSA) is 102 Å². The van der Waals surface area contributed by atoms with E-state index in [1.807, 2.05) is 19.2 Å². The van der Waals surface area contributed by atoms with Gasteiger partial charge < -0.3 is 26.0 Å². The van der Waals surface area contributed by atoms with E-state index >= 15 is 0 Å². The van der Waals surface area contributed by atoms with E-state index in [-0.39, 0.29) is 12.3 Å². The monoisotopic (exact) mass is 306 g/mol. The molecule has 4 N–H and O–H groups in total. The van der Waals surface area contributed by atoms with E-state index in [0.29, 0.717) is 18.8 Å². The molecular weight excluding hydrogens is 284 g/mol. The molecule has 2 rings (SSSR count). The van der Waals surface area contributed by atoms with Crippen molar-refractivity contribution < 1.29 is 14.3 Å². The van der Waals surface area contributed by atoms with Crippen molar-refractivity contribution in [3.63, 3.8) is 0 Å². The van der Waals surface area contributed by atoms with Gasteiger partial charge >= 0.3 is 6.09 Å². The molecule has 0 spiro atoms. The molecule has 1 atom stereocenters. The van der Waals surface area contributed by atoms with Gasteiger partial charge in [-0.2, -0.15) is 0 Å². The molecule has 0 saturated carbocycles. The number of hydrogen-bond donors (Lipinski definition) is 2. The first-order valence-electron chi connectivity index (χ1n) is 7.23. The molecule has 120 valence electrons. The van der Waals surface area contributed by atoms with E-state index in [0.717, 1.165) is 18.7 Å². The Hall–Kier alpha value is -2.28. The molecule has 0 bridgehead atoms. The Morgan fingerprint density at radius 2 is 1.77 bits per heavy atom. The molecule has 2 amide bonds. The predicted octanol–water partition coefficient (Wildman–Crippen LogP) is 0.0492. The third kappa shape index (κ3) is 4.36. The summed E-state index contributed by atoms with van der Waals surface area (Å²) < 4.78 is 5.03. The standard InChI is InChI=1S/C15H22N4O3/c1-18-6-8-19(9-7-18)14(20)13(22-15(17)21)10-11-2-4-12(16)5-3-11/h2-5,13H,6-10,16H2,1H3,(H2,17,21). The molecule has 1 aromatic rings. The van der Waals surface area contributed by atoms with Gasteiger partial charge in [-0.05, 0) is 24.7 Å². The van der Waals surface area contributed by atoms with Crippen molar-refractivity contribution in [3.05, 3.63) is 29.8 Å². The maximum Gasteiger partial charge on any atom is 0.405 e. The van der Waals surface area contributed by atoms with Crippen molar-refractivity contribution in [1.29, 1.82) is 0 Å². The summed E-state index contributed by atoms with van der Waals surface area (Å²) in [5.41, 5.74) is 12.2. The Kier molecular flexibility index (Phi) is 5.21. The van der Waals surface area contributed by atoms with Crippen LogP contribution in [0.4, 0.5) is 10.5 Å². The average molecular weight is 306 g/mol. The van der Waals surface area contributed by atoms with E-state index in [2.05, 4.69) is 4.90 Å². The fourth-order valence-corrected chi connectivity index (χ4v) is 2.42. The molecule has 7 heteroatoms. The van der Waals surface area contributed by atoms with Crippen molar-refractivity contribution >= 4 is 17.7 Å². The van der Waals surface area contributed by atoms with Crippen molar-refractivity contribution in [2.45, 2.75) is 12.5 Å². The molecule has 1 unspecified atom stereocenters. The highest BCUT2D eigenvalue weighted by Gasteiger charge is 2.29. The first-order valence-corrected chi connectivity index (χ1v) is 7.23. The van der Waals surface area contributed by atoms with E-state index < -0.39 is 12.2 Å². The van der Waals surface area contributed by atoms with E-state index in [9.17, 15) is 9.59 Å². The number of rotatable bonds is 4. The molecule has 7 nitrogen and oxygen atoms in total. The van der Waals surface area contributed by atoms with Gasteiger partial charge in [0.05, 0.1) is 0 Å². The molecule has 0 aliphatic carbocycles. The number of nitrogen functional groups attached to an aromatic ring is 1. The second-order valence-corrected chi connectivity index (χ2v) is 5.50. The lowest BCUT2D eigenvalue weighted by molar-refractivity contribution is -0.141. The summed E-state index contributed by atoms with van der Waals surface area (Å²) in [7, 11) is 2.01. The number of likely N-dealkylation sites (N-methyl/N-ethyl adjacent to an activating group) is 1. The molecule has 1 saturated heterocycles. The van der Waals surface area contributed by atoms with Gasteiger partial charge in [-0.1, -0.05) is 12.1 Å². The van der Waals surface area contributed by atoms with Crippen molar-refractivity contribution in [2.75, 3.05) is 39.0 Å². The summed E-state index contributed by atoms with van der Waals surface area (Å²) in [5, 5.41) is 0. The molecule has 0 radical (unpaired) electrons. The molecule has 1 aromatic carbocycles. The quantitative estimate of drug-likeness (QED) is 0.765. The number of amides is 2. The van der Waals surface area contributed by atoms with E-state index in [1.54, 1.807) is 17.0 Å². The van der Waals surface area contributed by atoms with Gasteiger partial charge in [0.25, 0.3) is 5.91 Å². The summed E-state index contributed by atoms with van der Waals surface area (Å²) in [4.78, 5) is 27.5. The van der Waals surface area contributed by atoms with Gasteiger partial charge in [0.2, 0.25) is 0 Å². The highest BCUT2D eigenvalue weighted by atomic mass is 16.6. The Labute approximate surface area is 129 Å². The van der Waals surface area contributed by atoms with Crippen LogP contribution in [0.3, 0.4) is 0 Å². The smallest absolute Gasteiger partial charge is 0.405 e. The largest absolute Gasteiger partial charge is 0.436 e. The van der Waals surface area contributed by atoms with Crippen LogP contribution in [0.1, 0.15) is 5.56 Å². The number of ether oxygens (including phenoxy) is 1. The third-order valence-electron chi connectivity index (χ3n) is 3.75. The minimum absolute atomic E-state index is 0.205. The number of nitrogens with two attached hydrogens (primary N) is 2. The Balaban J connectivity index is 2.06. The van der Waals surface area contributed by atoms with Crippen LogP contribution in [0.2, 0.25) is 0 Å². The lowest BCUT2D eigenvalue weighted by Gasteiger charge is -2.34. The Morgan fingerprint density at radius 1 is 1.18 bits per heavy atom. The number of anilines is 1. The molecule has 22 heavy (non-hydrogen) atoms. The van der Waals surface area contributed by atoms with Crippen LogP contribution >= 0.6 is 0 Å². The van der Waals surface area contributed by atoms with Gasteiger partial charge in [0, 0.05) is 38.3 Å². The number of hydrogen-bond acceptors (Lipinski definition) is 5.